The third kappa shape index (κ3) is 2.11. The number of ether oxygens (including phenoxy) is 1. The molecule has 0 bridgehead atoms. The summed E-state index contributed by atoms with van der Waals surface area (Å²) in [5.41, 5.74) is 0.734. The fraction of sp³-hybridized carbons (Fsp3) is 0.500. The Balaban J connectivity index is 2.16. The minimum Gasteiger partial charge on any atom is -0.481 e. The highest BCUT2D eigenvalue weighted by Crippen LogP contribution is 2.21. The molecule has 0 saturated carbocycles. The average Bonchev–Trinajstić information content (AvgIpc) is 2.95. The summed E-state index contributed by atoms with van der Waals surface area (Å²) in [6.07, 6.45) is 1.44. The van der Waals surface area contributed by atoms with Gasteiger partial charge < -0.3 is 19.2 Å². The second-order valence-electron chi connectivity index (χ2n) is 4.40. The largest absolute Gasteiger partial charge is 0.481 e. The molecule has 0 spiro atoms. The summed E-state index contributed by atoms with van der Waals surface area (Å²) < 4.78 is 10.3. The molecule has 98 valence electrons. The van der Waals surface area contributed by atoms with E-state index in [2.05, 4.69) is 0 Å². The highest BCUT2D eigenvalue weighted by Gasteiger charge is 2.39. The molecule has 2 atom stereocenters. The molecule has 0 aliphatic carbocycles. The maximum absolute atomic E-state index is 12.2. The summed E-state index contributed by atoms with van der Waals surface area (Å²) in [5, 5.41) is 9.06. The summed E-state index contributed by atoms with van der Waals surface area (Å²) in [5.74, 6) is -1.71. The van der Waals surface area contributed by atoms with Crippen molar-refractivity contribution in [3.05, 3.63) is 23.7 Å². The van der Waals surface area contributed by atoms with Gasteiger partial charge in [0.05, 0.1) is 25.5 Å². The van der Waals surface area contributed by atoms with Crippen molar-refractivity contribution in [1.29, 1.82) is 0 Å². The van der Waals surface area contributed by atoms with E-state index >= 15 is 0 Å². The van der Waals surface area contributed by atoms with Gasteiger partial charge in [-0.1, -0.05) is 0 Å². The predicted molar refractivity (Wildman–Crippen MR) is 61.3 cm³/mol. The minimum atomic E-state index is -0.951. The summed E-state index contributed by atoms with van der Waals surface area (Å²) in [6.45, 7) is 2.14. The number of carboxylic acid groups (broad SMARTS) is 1. The van der Waals surface area contributed by atoms with Crippen molar-refractivity contribution < 1.29 is 23.8 Å². The first kappa shape index (κ1) is 12.6. The number of hydrogen-bond acceptors (Lipinski definition) is 4. The molecule has 2 unspecified atom stereocenters. The van der Waals surface area contributed by atoms with Crippen molar-refractivity contribution >= 4 is 11.9 Å². The molecule has 6 heteroatoms. The maximum atomic E-state index is 12.2. The van der Waals surface area contributed by atoms with Gasteiger partial charge in [0.2, 0.25) is 0 Å². The topological polar surface area (TPSA) is 80.0 Å². The fourth-order valence-corrected chi connectivity index (χ4v) is 2.06. The highest BCUT2D eigenvalue weighted by atomic mass is 16.5. The lowest BCUT2D eigenvalue weighted by atomic mass is 10.0. The molecule has 1 aliphatic rings. The van der Waals surface area contributed by atoms with Crippen LogP contribution in [-0.4, -0.2) is 48.2 Å². The molecular weight excluding hydrogens is 238 g/mol. The van der Waals surface area contributed by atoms with E-state index in [0.717, 1.165) is 5.56 Å². The number of furan rings is 1. The lowest BCUT2D eigenvalue weighted by Crippen LogP contribution is -2.44. The smallest absolute Gasteiger partial charge is 0.311 e. The zero-order valence-electron chi connectivity index (χ0n) is 10.3. The lowest BCUT2D eigenvalue weighted by Gasteiger charge is -2.25. The van der Waals surface area contributed by atoms with Gasteiger partial charge in [0.25, 0.3) is 5.91 Å². The Morgan fingerprint density at radius 2 is 2.17 bits per heavy atom. The first-order chi connectivity index (χ1) is 8.52. The number of hydrogen-bond donors (Lipinski definition) is 1. The van der Waals surface area contributed by atoms with Crippen LogP contribution in [0.4, 0.5) is 0 Å². The molecule has 2 heterocycles. The molecule has 6 nitrogen and oxygen atoms in total. The third-order valence-electron chi connectivity index (χ3n) is 3.24. The van der Waals surface area contributed by atoms with E-state index in [1.54, 1.807) is 20.0 Å². The van der Waals surface area contributed by atoms with Crippen molar-refractivity contribution in [1.82, 2.24) is 4.90 Å². The molecule has 0 aromatic carbocycles. The van der Waals surface area contributed by atoms with Crippen LogP contribution in [0.3, 0.4) is 0 Å². The number of aliphatic carboxylic acids is 1. The van der Waals surface area contributed by atoms with E-state index in [4.69, 9.17) is 14.3 Å². The normalized spacial score (nSPS) is 23.0. The molecule has 1 aliphatic heterocycles. The quantitative estimate of drug-likeness (QED) is 0.860. The standard InChI is InChI=1S/C12H15NO5/c1-7-3-4-18-10(7)11(14)13(2)9-6-17-5-8(9)12(15)16/h3-4,8-9H,5-6H2,1-2H3,(H,15,16). The Morgan fingerprint density at radius 1 is 1.44 bits per heavy atom. The van der Waals surface area contributed by atoms with Gasteiger partial charge in [-0.3, -0.25) is 9.59 Å². The fourth-order valence-electron chi connectivity index (χ4n) is 2.06. The number of aryl methyl sites for hydroxylation is 1. The zero-order chi connectivity index (χ0) is 13.3. The highest BCUT2D eigenvalue weighted by molar-refractivity contribution is 5.93. The van der Waals surface area contributed by atoms with E-state index in [9.17, 15) is 9.59 Å². The maximum Gasteiger partial charge on any atom is 0.311 e. The van der Waals surface area contributed by atoms with Gasteiger partial charge in [-0.15, -0.1) is 0 Å². The van der Waals surface area contributed by atoms with E-state index in [1.807, 2.05) is 0 Å². The van der Waals surface area contributed by atoms with Crippen LogP contribution < -0.4 is 0 Å². The third-order valence-corrected chi connectivity index (χ3v) is 3.24. The van der Waals surface area contributed by atoms with E-state index < -0.39 is 17.9 Å². The SMILES string of the molecule is Cc1ccoc1C(=O)N(C)C1COCC1C(=O)O. The van der Waals surface area contributed by atoms with Crippen molar-refractivity contribution in [2.75, 3.05) is 20.3 Å². The van der Waals surface area contributed by atoms with Gasteiger partial charge in [-0.25, -0.2) is 0 Å². The number of carbonyl (C=O) groups excluding carboxylic acids is 1. The molecule has 1 aromatic heterocycles. The lowest BCUT2D eigenvalue weighted by molar-refractivity contribution is -0.142. The van der Waals surface area contributed by atoms with Gasteiger partial charge in [0, 0.05) is 12.6 Å². The second-order valence-corrected chi connectivity index (χ2v) is 4.40. The summed E-state index contributed by atoms with van der Waals surface area (Å²) in [7, 11) is 1.57. The minimum absolute atomic E-state index is 0.134. The van der Waals surface area contributed by atoms with Crippen LogP contribution in [0.1, 0.15) is 16.1 Å². The molecular formula is C12H15NO5. The van der Waals surface area contributed by atoms with Crippen LogP contribution in [0.2, 0.25) is 0 Å². The van der Waals surface area contributed by atoms with Crippen LogP contribution in [0.5, 0.6) is 0 Å². The van der Waals surface area contributed by atoms with Gasteiger partial charge in [0.15, 0.2) is 5.76 Å². The van der Waals surface area contributed by atoms with Crippen LogP contribution >= 0.6 is 0 Å². The van der Waals surface area contributed by atoms with Crippen molar-refractivity contribution in [3.63, 3.8) is 0 Å². The van der Waals surface area contributed by atoms with Crippen molar-refractivity contribution in [2.45, 2.75) is 13.0 Å². The first-order valence-electron chi connectivity index (χ1n) is 5.64. The van der Waals surface area contributed by atoms with Gasteiger partial charge in [-0.05, 0) is 13.0 Å². The van der Waals surface area contributed by atoms with E-state index in [1.165, 1.54) is 11.2 Å². The molecule has 1 N–H and O–H groups in total. The van der Waals surface area contributed by atoms with Crippen molar-refractivity contribution in [3.8, 4) is 0 Å². The van der Waals surface area contributed by atoms with Crippen LogP contribution in [-0.2, 0) is 9.53 Å². The average molecular weight is 253 g/mol. The number of rotatable bonds is 3. The Hall–Kier alpha value is -1.82. The van der Waals surface area contributed by atoms with Crippen LogP contribution in [0.15, 0.2) is 16.7 Å². The molecule has 1 saturated heterocycles. The zero-order valence-corrected chi connectivity index (χ0v) is 10.3. The molecule has 1 amide bonds. The Labute approximate surface area is 104 Å². The van der Waals surface area contributed by atoms with Gasteiger partial charge >= 0.3 is 5.97 Å². The number of likely N-dealkylation sites (N-methyl/N-ethyl adjacent to an activating group) is 1. The van der Waals surface area contributed by atoms with Gasteiger partial charge in [0.1, 0.15) is 5.92 Å². The van der Waals surface area contributed by atoms with Gasteiger partial charge in [-0.2, -0.15) is 0 Å². The Kier molecular flexibility index (Phi) is 3.38. The Bertz CT molecular complexity index is 467. The Morgan fingerprint density at radius 3 is 2.72 bits per heavy atom. The summed E-state index contributed by atoms with van der Waals surface area (Å²) in [6, 6.07) is 1.24. The number of amides is 1. The van der Waals surface area contributed by atoms with Crippen LogP contribution in [0.25, 0.3) is 0 Å². The molecule has 0 radical (unpaired) electrons. The number of carboxylic acids is 1. The molecule has 1 aromatic rings. The molecule has 18 heavy (non-hydrogen) atoms. The number of nitrogens with zero attached hydrogens (tertiary/aromatic N) is 1. The van der Waals surface area contributed by atoms with Crippen LogP contribution in [0, 0.1) is 12.8 Å². The van der Waals surface area contributed by atoms with E-state index in [-0.39, 0.29) is 24.9 Å². The number of carbonyl (C=O) groups is 2. The monoisotopic (exact) mass is 253 g/mol. The predicted octanol–water partition coefficient (Wildman–Crippen LogP) is 0.760. The molecule has 1 fully saturated rings. The first-order valence-corrected chi connectivity index (χ1v) is 5.64. The van der Waals surface area contributed by atoms with E-state index in [0.29, 0.717) is 0 Å². The molecule has 2 rings (SSSR count). The summed E-state index contributed by atoms with van der Waals surface area (Å²) in [4.78, 5) is 24.6. The second kappa shape index (κ2) is 4.81. The van der Waals surface area contributed by atoms with Crippen molar-refractivity contribution in [2.24, 2.45) is 5.92 Å². The summed E-state index contributed by atoms with van der Waals surface area (Å²) >= 11 is 0.